The van der Waals surface area contributed by atoms with Crippen LogP contribution in [0.3, 0.4) is 0 Å². The molecule has 2 heterocycles. The van der Waals surface area contributed by atoms with Crippen molar-refractivity contribution in [2.45, 2.75) is 433 Å². The first-order valence-electron chi connectivity index (χ1n) is 49.7. The zero-order valence-electron chi connectivity index (χ0n) is 90.7. The minimum atomic E-state index is -4.53. The van der Waals surface area contributed by atoms with Crippen LogP contribution in [-0.2, 0) is 52.5 Å². The van der Waals surface area contributed by atoms with Crippen molar-refractivity contribution in [3.63, 3.8) is 0 Å². The van der Waals surface area contributed by atoms with Crippen molar-refractivity contribution < 1.29 is 32.1 Å². The Kier molecular flexibility index (Phi) is 36.6. The zero-order chi connectivity index (χ0) is 102. The Morgan fingerprint density at radius 3 is 1.16 bits per heavy atom. The van der Waals surface area contributed by atoms with E-state index in [1.54, 1.807) is 72.4 Å². The molecule has 15 rings (SSSR count). The first-order chi connectivity index (χ1) is 60.9. The van der Waals surface area contributed by atoms with E-state index < -0.39 is 17.3 Å². The Bertz CT molecular complexity index is 5120. The van der Waals surface area contributed by atoms with E-state index in [0.717, 1.165) is 65.7 Å². The highest BCUT2D eigenvalue weighted by Crippen LogP contribution is 2.61. The highest BCUT2D eigenvalue weighted by molar-refractivity contribution is 6.32. The molecule has 2 bridgehead atoms. The van der Waals surface area contributed by atoms with Gasteiger partial charge in [0.05, 0.1) is 35.4 Å². The number of aromatic nitrogens is 1. The van der Waals surface area contributed by atoms with E-state index in [4.69, 9.17) is 60.3 Å². The fraction of sp³-hybridized carbons (Fsp3) is 0.598. The number of aryl methyl sites for hydroxylation is 4. The molecule has 0 spiro atoms. The van der Waals surface area contributed by atoms with Crippen molar-refractivity contribution in [2.75, 3.05) is 6.61 Å². The molecule has 134 heavy (non-hydrogen) atoms. The number of halogens is 5. The molecule has 12 heteroatoms. The smallest absolute Gasteiger partial charge is 0.418 e. The molecule has 0 saturated heterocycles. The average Bonchev–Trinajstić information content (AvgIpc) is 0.907. The zero-order valence-corrected chi connectivity index (χ0v) is 92.2. The van der Waals surface area contributed by atoms with Crippen molar-refractivity contribution in [1.82, 2.24) is 4.98 Å². The molecule has 1 fully saturated rings. The number of benzene rings is 7. The molecule has 0 radical (unpaired) electrons. The van der Waals surface area contributed by atoms with Gasteiger partial charge in [0.1, 0.15) is 39.8 Å². The average molecular weight is 1870 g/mol. The quantitative estimate of drug-likeness (QED) is 0.165. The van der Waals surface area contributed by atoms with E-state index in [1.165, 1.54) is 121 Å². The molecule has 7 aromatic carbocycles. The molecule has 5 unspecified atom stereocenters. The molecular formula is C122H174Cl2F3N3O4. The van der Waals surface area contributed by atoms with Crippen molar-refractivity contribution in [2.24, 2.45) is 33.0 Å². The number of ether oxygens (including phenoxy) is 4. The number of hydrogen-bond donors (Lipinski definition) is 0. The predicted octanol–water partition coefficient (Wildman–Crippen LogP) is 38.2. The summed E-state index contributed by atoms with van der Waals surface area (Å²) in [5.41, 5.74) is 23.7. The second-order valence-corrected chi connectivity index (χ2v) is 53.3. The molecule has 5 atom stereocenters. The summed E-state index contributed by atoms with van der Waals surface area (Å²) >= 11 is 12.0. The van der Waals surface area contributed by atoms with Gasteiger partial charge in [-0.15, -0.1) is 0 Å². The third kappa shape index (κ3) is 32.7. The van der Waals surface area contributed by atoms with E-state index in [0.29, 0.717) is 60.4 Å². The van der Waals surface area contributed by atoms with Gasteiger partial charge in [-0.3, -0.25) is 4.98 Å². The molecule has 7 nitrogen and oxygen atoms in total. The van der Waals surface area contributed by atoms with Gasteiger partial charge >= 0.3 is 6.18 Å². The van der Waals surface area contributed by atoms with Crippen LogP contribution in [0.25, 0.3) is 9.69 Å². The van der Waals surface area contributed by atoms with Gasteiger partial charge in [0.2, 0.25) is 0 Å². The minimum absolute atomic E-state index is 0.0569. The Morgan fingerprint density at radius 1 is 0.358 bits per heavy atom. The van der Waals surface area contributed by atoms with E-state index in [2.05, 4.69) is 302 Å². The third-order valence-electron chi connectivity index (χ3n) is 26.7. The maximum Gasteiger partial charge on any atom is 0.418 e. The first-order valence-corrected chi connectivity index (χ1v) is 50.4. The summed E-state index contributed by atoms with van der Waals surface area (Å²) in [6.07, 6.45) is 11.9. The van der Waals surface area contributed by atoms with Gasteiger partial charge in [-0.25, -0.2) is 9.69 Å². The van der Waals surface area contributed by atoms with Gasteiger partial charge in [0.15, 0.2) is 11.4 Å². The lowest BCUT2D eigenvalue weighted by molar-refractivity contribution is -0.139. The second kappa shape index (κ2) is 43.3. The summed E-state index contributed by atoms with van der Waals surface area (Å²) < 4.78 is 60.6. The molecule has 7 aliphatic rings. The molecule has 736 valence electrons. The molecule has 1 aliphatic heterocycles. The number of alkyl halides is 3. The summed E-state index contributed by atoms with van der Waals surface area (Å²) in [5, 5.41) is 1.16. The Labute approximate surface area is 823 Å². The normalized spacial score (nSPS) is 18.8. The first kappa shape index (κ1) is 113. The van der Waals surface area contributed by atoms with Crippen molar-refractivity contribution in [3.05, 3.63) is 262 Å². The molecule has 0 amide bonds. The third-order valence-corrected chi connectivity index (χ3v) is 27.3. The number of hydrogen-bond acceptors (Lipinski definition) is 5. The van der Waals surface area contributed by atoms with Crippen LogP contribution in [0.15, 0.2) is 140 Å². The summed E-state index contributed by atoms with van der Waals surface area (Å²) in [6, 6.07) is 45.1. The van der Waals surface area contributed by atoms with Crippen molar-refractivity contribution >= 4 is 34.6 Å². The van der Waals surface area contributed by atoms with Crippen LogP contribution in [0.1, 0.15) is 446 Å². The Hall–Kier alpha value is -7.76. The van der Waals surface area contributed by atoms with Gasteiger partial charge in [-0.2, -0.15) is 13.2 Å². The van der Waals surface area contributed by atoms with E-state index in [1.807, 2.05) is 66.7 Å². The van der Waals surface area contributed by atoms with Crippen LogP contribution < -0.4 is 18.9 Å². The fourth-order valence-corrected chi connectivity index (χ4v) is 19.8. The van der Waals surface area contributed by atoms with Crippen LogP contribution in [-0.4, -0.2) is 28.4 Å². The second-order valence-electron chi connectivity index (χ2n) is 52.4. The molecule has 1 saturated carbocycles. The van der Waals surface area contributed by atoms with Gasteiger partial charge < -0.3 is 18.9 Å². The van der Waals surface area contributed by atoms with Gasteiger partial charge in [0, 0.05) is 17.8 Å². The van der Waals surface area contributed by atoms with Crippen molar-refractivity contribution in [1.29, 1.82) is 0 Å². The molecule has 8 aromatic rings. The molecular weight excluding hydrogens is 1700 g/mol. The maximum atomic E-state index is 12.8. The van der Waals surface area contributed by atoms with Crippen LogP contribution in [0.2, 0.25) is 10.0 Å². The topological polar surface area (TPSA) is 58.5 Å². The lowest BCUT2D eigenvalue weighted by atomic mass is 9.52. The minimum Gasteiger partial charge on any atom is -0.493 e. The number of pyridine rings is 1. The van der Waals surface area contributed by atoms with Crippen LogP contribution >= 0.6 is 23.2 Å². The van der Waals surface area contributed by atoms with Gasteiger partial charge in [-0.1, -0.05) is 322 Å². The van der Waals surface area contributed by atoms with Gasteiger partial charge in [-0.05, 0) is 350 Å². The SMILES string of the molecule is CC(C)(C)c1ccc2c(c1)C1CC(C1)C2C(C)(C)C.CC(C)(C)c1ccc2c(c1)CCC2C(C)(C)C.CC(C)(C)c1ccc2c(c1)CCCC2C(C)(C)C.CC(C)(C)c1ccc2c(c1)OCCC2C(C)(C)C.CC(C)(C)c1cnc2c(c1)CCCC2C(C)(C)C.Cc1ccc(OC(C)(C)C)c(Cl)c1.[C-]#[N+]c1ccc(OC(C)(C)C)c(C(F)(F)F)c1.[C-]#[N+]c1ccc(OC(C)(C)C)c(Cl)c1. The lowest BCUT2D eigenvalue weighted by Gasteiger charge is -2.53. The van der Waals surface area contributed by atoms with Gasteiger partial charge in [0.25, 0.3) is 0 Å². The highest BCUT2D eigenvalue weighted by Gasteiger charge is 2.49. The standard InChI is InChI=1S/C19H28.C18H28.C17H27N.C17H26O.C17H26.C12H12F3NO.C11H12ClNO.C11H15ClO/c1-18(2,3)14-7-8-15-16(11-14)12-9-13(10-12)17(15)19(4,5)6;1-17(2,3)14-10-11-15-13(12-14)8-7-9-16(15)18(4,5)6;1-16(2,3)13-10-12-8-7-9-14(17(4,5)6)15(12)18-11-13;1-16(2,3)12-7-8-13-14(17(4,5)6)9-10-18-15(13)11-12;1-16(2,3)13-8-9-14-12(11-13)7-10-15(14)17(4,5)6;1-11(2,3)17-10-6-5-8(16-4)7-9(10)12(13,14)15;1-11(2,3)14-10-6-5-8(13-4)7-9(10)12;1-8-5-6-10(9(12)7-8)13-11(2,3)4/h7-8,11-13,17H,9-10H2,1-6H3;10-12,16H,7-9H2,1-6H3;10-11,14H,7-9H2,1-6H3;7-8,11,14H,9-10H2,1-6H3;8-9,11,15H,7,10H2,1-6H3;5-7H,1-3H3;5-7H,1-3H3;5-7H,1-4H3. The van der Waals surface area contributed by atoms with Crippen molar-refractivity contribution in [3.8, 4) is 23.0 Å². The van der Waals surface area contributed by atoms with E-state index >= 15 is 0 Å². The number of rotatable bonds is 3. The van der Waals surface area contributed by atoms with Crippen LogP contribution in [0, 0.1) is 53.1 Å². The maximum absolute atomic E-state index is 12.8. The summed E-state index contributed by atoms with van der Waals surface area (Å²) in [7, 11) is 0. The molecule has 1 aromatic heterocycles. The summed E-state index contributed by atoms with van der Waals surface area (Å²) in [5.74, 6) is 7.49. The van der Waals surface area contributed by atoms with Crippen LogP contribution in [0.5, 0.6) is 23.0 Å². The largest absolute Gasteiger partial charge is 0.493 e. The van der Waals surface area contributed by atoms with E-state index in [9.17, 15) is 13.2 Å². The molecule has 6 aliphatic carbocycles. The monoisotopic (exact) mass is 1870 g/mol. The highest BCUT2D eigenvalue weighted by atomic mass is 35.5. The fourth-order valence-electron chi connectivity index (χ4n) is 19.4. The Morgan fingerprint density at radius 2 is 0.731 bits per heavy atom. The number of nitrogens with zero attached hydrogens (tertiary/aromatic N) is 3. The summed E-state index contributed by atoms with van der Waals surface area (Å²) in [4.78, 5) is 11.1. The van der Waals surface area contributed by atoms with Crippen LogP contribution in [0.4, 0.5) is 24.5 Å². The lowest BCUT2D eigenvalue weighted by Crippen LogP contribution is -2.40. The van der Waals surface area contributed by atoms with E-state index in [-0.39, 0.29) is 49.7 Å². The Balaban J connectivity index is 0.000000210. The predicted molar refractivity (Wildman–Crippen MR) is 567 cm³/mol. The number of fused-ring (bicyclic) bond motifs is 4. The molecule has 0 N–H and O–H groups in total. The summed E-state index contributed by atoms with van der Waals surface area (Å²) in [6.45, 7) is 103.